The van der Waals surface area contributed by atoms with Crippen molar-refractivity contribution < 1.29 is 14.3 Å². The molecule has 3 nitrogen and oxygen atoms in total. The fourth-order valence-electron chi connectivity index (χ4n) is 0.771. The number of rotatable bonds is 4. The summed E-state index contributed by atoms with van der Waals surface area (Å²) in [6.07, 6.45) is 1.27. The molecule has 0 amide bonds. The van der Waals surface area contributed by atoms with Gasteiger partial charge in [0.1, 0.15) is 12.0 Å². The van der Waals surface area contributed by atoms with Gasteiger partial charge in [-0.15, -0.1) is 0 Å². The molecule has 1 heterocycles. The van der Waals surface area contributed by atoms with Gasteiger partial charge in [-0.1, -0.05) is 6.92 Å². The molecule has 66 valence electrons. The van der Waals surface area contributed by atoms with Crippen LogP contribution in [0.25, 0.3) is 0 Å². The van der Waals surface area contributed by atoms with Gasteiger partial charge in [-0.3, -0.25) is 0 Å². The molecular weight excluding hydrogens is 176 g/mol. The molecular formula is C8H10O3S. The zero-order chi connectivity index (χ0) is 8.97. The highest BCUT2D eigenvalue weighted by Crippen LogP contribution is 2.14. The first kappa shape index (κ1) is 9.19. The van der Waals surface area contributed by atoms with Crippen molar-refractivity contribution in [2.24, 2.45) is 0 Å². The Kier molecular flexibility index (Phi) is 3.22. The zero-order valence-corrected chi connectivity index (χ0v) is 7.56. The van der Waals surface area contributed by atoms with Crippen LogP contribution in [-0.2, 0) is 5.75 Å². The van der Waals surface area contributed by atoms with Gasteiger partial charge in [0.2, 0.25) is 0 Å². The summed E-state index contributed by atoms with van der Waals surface area (Å²) in [4.78, 5) is 10.4. The minimum absolute atomic E-state index is 0.224. The van der Waals surface area contributed by atoms with E-state index in [2.05, 4.69) is 0 Å². The van der Waals surface area contributed by atoms with E-state index in [4.69, 9.17) is 9.52 Å². The summed E-state index contributed by atoms with van der Waals surface area (Å²) in [7, 11) is 0. The molecule has 0 aromatic carbocycles. The molecule has 0 atom stereocenters. The Morgan fingerprint density at radius 3 is 3.00 bits per heavy atom. The predicted octanol–water partition coefficient (Wildman–Crippen LogP) is 2.23. The van der Waals surface area contributed by atoms with Crippen LogP contribution in [0.5, 0.6) is 0 Å². The Labute approximate surface area is 74.8 Å². The van der Waals surface area contributed by atoms with E-state index in [9.17, 15) is 4.79 Å². The standard InChI is InChI=1S/C8H10O3S/c1-2-12-5-7-3-6(4-11-7)8(9)10/h3-4H,2,5H2,1H3,(H,9,10). The minimum Gasteiger partial charge on any atom is -0.478 e. The fourth-order valence-corrected chi connectivity index (χ4v) is 1.33. The first-order valence-corrected chi connectivity index (χ1v) is 4.78. The fraction of sp³-hybridized carbons (Fsp3) is 0.375. The third-order valence-corrected chi connectivity index (χ3v) is 2.25. The van der Waals surface area contributed by atoms with Crippen LogP contribution in [-0.4, -0.2) is 16.8 Å². The smallest absolute Gasteiger partial charge is 0.338 e. The summed E-state index contributed by atoms with van der Waals surface area (Å²) < 4.78 is 5.03. The monoisotopic (exact) mass is 186 g/mol. The molecule has 0 radical (unpaired) electrons. The molecule has 0 aliphatic carbocycles. The molecule has 0 aliphatic heterocycles. The Balaban J connectivity index is 2.58. The van der Waals surface area contributed by atoms with E-state index in [1.165, 1.54) is 6.26 Å². The van der Waals surface area contributed by atoms with Gasteiger partial charge >= 0.3 is 5.97 Å². The van der Waals surface area contributed by atoms with Gasteiger partial charge < -0.3 is 9.52 Å². The van der Waals surface area contributed by atoms with E-state index in [1.807, 2.05) is 6.92 Å². The van der Waals surface area contributed by atoms with Crippen molar-refractivity contribution >= 4 is 17.7 Å². The van der Waals surface area contributed by atoms with Gasteiger partial charge in [0.25, 0.3) is 0 Å². The first-order chi connectivity index (χ1) is 5.74. The van der Waals surface area contributed by atoms with E-state index in [0.717, 1.165) is 17.3 Å². The molecule has 1 aromatic heterocycles. The molecule has 4 heteroatoms. The van der Waals surface area contributed by atoms with Crippen molar-refractivity contribution in [3.63, 3.8) is 0 Å². The first-order valence-electron chi connectivity index (χ1n) is 3.62. The molecule has 12 heavy (non-hydrogen) atoms. The number of thioether (sulfide) groups is 1. The molecule has 0 unspecified atom stereocenters. The maximum Gasteiger partial charge on any atom is 0.338 e. The van der Waals surface area contributed by atoms with Gasteiger partial charge in [0.05, 0.1) is 11.3 Å². The van der Waals surface area contributed by atoms with Gasteiger partial charge in [-0.2, -0.15) is 11.8 Å². The van der Waals surface area contributed by atoms with E-state index in [1.54, 1.807) is 17.8 Å². The van der Waals surface area contributed by atoms with Crippen LogP contribution in [0.1, 0.15) is 23.0 Å². The van der Waals surface area contributed by atoms with E-state index in [-0.39, 0.29) is 5.56 Å². The highest BCUT2D eigenvalue weighted by Gasteiger charge is 2.07. The summed E-state index contributed by atoms with van der Waals surface area (Å²) in [6, 6.07) is 1.56. The SMILES string of the molecule is CCSCc1cc(C(=O)O)co1. The Hall–Kier alpha value is -0.900. The van der Waals surface area contributed by atoms with Crippen molar-refractivity contribution in [1.29, 1.82) is 0 Å². The lowest BCUT2D eigenvalue weighted by Crippen LogP contribution is -1.91. The molecule has 0 fully saturated rings. The maximum absolute atomic E-state index is 10.4. The van der Waals surface area contributed by atoms with Crippen LogP contribution >= 0.6 is 11.8 Å². The molecule has 0 aliphatic rings. The molecule has 1 rings (SSSR count). The Morgan fingerprint density at radius 1 is 1.75 bits per heavy atom. The summed E-state index contributed by atoms with van der Waals surface area (Å²) in [5, 5.41) is 8.56. The average Bonchev–Trinajstić information content (AvgIpc) is 2.48. The second kappa shape index (κ2) is 4.21. The number of aromatic carboxylic acids is 1. The minimum atomic E-state index is -0.938. The molecule has 0 saturated carbocycles. The van der Waals surface area contributed by atoms with Gasteiger partial charge in [0.15, 0.2) is 0 Å². The third-order valence-electron chi connectivity index (χ3n) is 1.35. The van der Waals surface area contributed by atoms with E-state index < -0.39 is 5.97 Å². The van der Waals surface area contributed by atoms with Crippen molar-refractivity contribution in [2.45, 2.75) is 12.7 Å². The highest BCUT2D eigenvalue weighted by molar-refractivity contribution is 7.98. The number of carboxylic acids is 1. The average molecular weight is 186 g/mol. The van der Waals surface area contributed by atoms with Crippen molar-refractivity contribution in [3.8, 4) is 0 Å². The molecule has 0 spiro atoms. The number of hydrogen-bond donors (Lipinski definition) is 1. The number of carboxylic acid groups (broad SMARTS) is 1. The predicted molar refractivity (Wildman–Crippen MR) is 47.5 cm³/mol. The zero-order valence-electron chi connectivity index (χ0n) is 6.74. The summed E-state index contributed by atoms with van der Waals surface area (Å²) >= 11 is 1.70. The lowest BCUT2D eigenvalue weighted by Gasteiger charge is -1.90. The van der Waals surface area contributed by atoms with Crippen LogP contribution < -0.4 is 0 Å². The topological polar surface area (TPSA) is 50.4 Å². The normalized spacial score (nSPS) is 10.1. The van der Waals surface area contributed by atoms with E-state index >= 15 is 0 Å². The van der Waals surface area contributed by atoms with Crippen molar-refractivity contribution in [2.75, 3.05) is 5.75 Å². The second-order valence-electron chi connectivity index (χ2n) is 2.24. The molecule has 1 aromatic rings. The van der Waals surface area contributed by atoms with Crippen molar-refractivity contribution in [1.82, 2.24) is 0 Å². The van der Waals surface area contributed by atoms with Crippen LogP contribution in [0.4, 0.5) is 0 Å². The van der Waals surface area contributed by atoms with Gasteiger partial charge in [-0.25, -0.2) is 4.79 Å². The lowest BCUT2D eigenvalue weighted by atomic mass is 10.3. The number of carbonyl (C=O) groups is 1. The van der Waals surface area contributed by atoms with Crippen LogP contribution in [0.3, 0.4) is 0 Å². The summed E-state index contributed by atoms with van der Waals surface area (Å²) in [5.74, 6) is 1.53. The second-order valence-corrected chi connectivity index (χ2v) is 3.52. The van der Waals surface area contributed by atoms with Crippen molar-refractivity contribution in [3.05, 3.63) is 23.7 Å². The van der Waals surface area contributed by atoms with E-state index in [0.29, 0.717) is 0 Å². The Bertz CT molecular complexity index is 267. The summed E-state index contributed by atoms with van der Waals surface area (Å²) in [6.45, 7) is 2.05. The molecule has 0 saturated heterocycles. The molecule has 1 N–H and O–H groups in total. The van der Waals surface area contributed by atoms with Crippen LogP contribution in [0, 0.1) is 0 Å². The quantitative estimate of drug-likeness (QED) is 0.783. The Morgan fingerprint density at radius 2 is 2.50 bits per heavy atom. The van der Waals surface area contributed by atoms with Gasteiger partial charge in [-0.05, 0) is 11.8 Å². The summed E-state index contributed by atoms with van der Waals surface area (Å²) in [5.41, 5.74) is 0.224. The van der Waals surface area contributed by atoms with Gasteiger partial charge in [0, 0.05) is 0 Å². The number of furan rings is 1. The third kappa shape index (κ3) is 2.30. The number of hydrogen-bond acceptors (Lipinski definition) is 3. The maximum atomic E-state index is 10.4. The van der Waals surface area contributed by atoms with Crippen LogP contribution in [0.15, 0.2) is 16.7 Å². The van der Waals surface area contributed by atoms with Crippen LogP contribution in [0.2, 0.25) is 0 Å². The highest BCUT2D eigenvalue weighted by atomic mass is 32.2. The largest absolute Gasteiger partial charge is 0.478 e. The lowest BCUT2D eigenvalue weighted by molar-refractivity contribution is 0.0696. The molecule has 0 bridgehead atoms.